The van der Waals surface area contributed by atoms with Gasteiger partial charge < -0.3 is 23.1 Å². The van der Waals surface area contributed by atoms with Crippen molar-refractivity contribution in [1.82, 2.24) is 6.15 Å². The van der Waals surface area contributed by atoms with Crippen LogP contribution in [-0.2, 0) is 0 Å². The Balaban J connectivity index is -0.000000180. The molecule has 0 fully saturated rings. The Kier molecular flexibility index (Phi) is 13.3. The number of rotatable bonds is 1. The summed E-state index contributed by atoms with van der Waals surface area (Å²) in [5.41, 5.74) is 0. The molecule has 0 spiro atoms. The maximum absolute atomic E-state index is 8.11. The number of hydrogen-bond acceptors (Lipinski definition) is 2. The molecule has 0 aromatic rings. The van der Waals surface area contributed by atoms with Gasteiger partial charge in [-0.05, 0) is 27.3 Å². The van der Waals surface area contributed by atoms with E-state index in [1.807, 2.05) is 17.9 Å². The molecule has 2 nitrogen and oxygen atoms in total. The van der Waals surface area contributed by atoms with Gasteiger partial charge in [-0.3, -0.25) is 0 Å². The van der Waals surface area contributed by atoms with Crippen molar-refractivity contribution in [3.63, 3.8) is 0 Å². The molecule has 0 aliphatic carbocycles. The molecule has 0 bridgehead atoms. The summed E-state index contributed by atoms with van der Waals surface area (Å²) in [4.78, 5) is 0. The molecule has 0 radical (unpaired) electrons. The van der Waals surface area contributed by atoms with Gasteiger partial charge in [0, 0.05) is 10.8 Å². The summed E-state index contributed by atoms with van der Waals surface area (Å²) in [6.45, 7) is 0. The van der Waals surface area contributed by atoms with Crippen LogP contribution >= 0.6 is 33.1 Å². The van der Waals surface area contributed by atoms with Gasteiger partial charge in [0.15, 0.2) is 0 Å². The fraction of sp³-hybridized carbons (Fsp3) is 0.667. The van der Waals surface area contributed by atoms with Crippen molar-refractivity contribution in [2.24, 2.45) is 0 Å². The van der Waals surface area contributed by atoms with Crippen LogP contribution in [0, 0.1) is 10.7 Å². The van der Waals surface area contributed by atoms with Crippen LogP contribution in [0.4, 0.5) is 0 Å². The standard InChI is InChI=1S/C3H6BrNS2.BrH.H3N/c1-7(2,4)6-3-5;;/h1-2H3;1H;1H3. The molecule has 0 saturated heterocycles. The number of hydrogen-bond donors (Lipinski definition) is 1. The number of quaternary nitrogens is 1. The maximum atomic E-state index is 8.11. The second-order valence-corrected chi connectivity index (χ2v) is 13.0. The summed E-state index contributed by atoms with van der Waals surface area (Å²) in [6.07, 6.45) is 4.03. The fourth-order valence-corrected chi connectivity index (χ4v) is 1.33. The summed E-state index contributed by atoms with van der Waals surface area (Å²) < 4.78 is 0. The molecule has 0 heterocycles. The topological polar surface area (TPSA) is 60.3 Å². The molecule has 6 heteroatoms. The fourth-order valence-electron chi connectivity index (χ4n) is 0.0886. The van der Waals surface area contributed by atoms with E-state index in [0.717, 1.165) is 0 Å². The second kappa shape index (κ2) is 7.22. The molecule has 0 rings (SSSR count). The van der Waals surface area contributed by atoms with Gasteiger partial charge in [-0.1, -0.05) is 0 Å². The number of nitrogens with zero attached hydrogens (tertiary/aromatic N) is 1. The summed E-state index contributed by atoms with van der Waals surface area (Å²) in [7, 11) is 0.488. The van der Waals surface area contributed by atoms with E-state index in [-0.39, 0.29) is 23.1 Å². The van der Waals surface area contributed by atoms with Gasteiger partial charge in [0.25, 0.3) is 0 Å². The molecule has 0 aromatic heterocycles. The largest absolute Gasteiger partial charge is 1.00 e. The van der Waals surface area contributed by atoms with Gasteiger partial charge in [-0.25, -0.2) is 0 Å². The average molecular weight is 298 g/mol. The number of thiocyanates is 1. The lowest BCUT2D eigenvalue weighted by Crippen LogP contribution is -3.00. The Morgan fingerprint density at radius 3 is 1.89 bits per heavy atom. The van der Waals surface area contributed by atoms with Crippen molar-refractivity contribution in [1.29, 1.82) is 5.26 Å². The molecule has 0 unspecified atom stereocenters. The van der Waals surface area contributed by atoms with E-state index in [1.165, 1.54) is 10.8 Å². The van der Waals surface area contributed by atoms with Crippen LogP contribution in [0.5, 0.6) is 0 Å². The van der Waals surface area contributed by atoms with E-state index in [2.05, 4.69) is 14.8 Å². The summed E-state index contributed by atoms with van der Waals surface area (Å²) >= 11 is 3.36. The van der Waals surface area contributed by atoms with Crippen molar-refractivity contribution < 1.29 is 17.0 Å². The first-order chi connectivity index (χ1) is 3.06. The minimum atomic E-state index is -0.806. The Morgan fingerprint density at radius 1 is 1.56 bits per heavy atom. The predicted octanol–water partition coefficient (Wildman–Crippen LogP) is -0.130. The molecule has 9 heavy (non-hydrogen) atoms. The molecule has 0 aliphatic rings. The van der Waals surface area contributed by atoms with Crippen LogP contribution in [0.15, 0.2) is 0 Å². The quantitative estimate of drug-likeness (QED) is 0.541. The zero-order valence-corrected chi connectivity index (χ0v) is 10.3. The highest BCUT2D eigenvalue weighted by Crippen LogP contribution is 2.59. The van der Waals surface area contributed by atoms with Gasteiger partial charge in [0.2, 0.25) is 0 Å². The van der Waals surface area contributed by atoms with Crippen LogP contribution in [-0.4, -0.2) is 12.5 Å². The van der Waals surface area contributed by atoms with E-state index in [1.54, 1.807) is 0 Å². The lowest BCUT2D eigenvalue weighted by molar-refractivity contribution is -0.00000210. The molecule has 0 amide bonds. The first kappa shape index (κ1) is 16.6. The van der Waals surface area contributed by atoms with Crippen molar-refractivity contribution in [3.05, 3.63) is 0 Å². The molecule has 0 aliphatic heterocycles. The Hall–Kier alpha value is 1.11. The summed E-state index contributed by atoms with van der Waals surface area (Å²) in [5.74, 6) is 0. The van der Waals surface area contributed by atoms with Gasteiger partial charge in [-0.2, -0.15) is 5.26 Å². The minimum Gasteiger partial charge on any atom is -1.00 e. The monoisotopic (exact) mass is 296 g/mol. The van der Waals surface area contributed by atoms with Crippen LogP contribution in [0.2, 0.25) is 0 Å². The lowest BCUT2D eigenvalue weighted by atomic mass is 11.8. The molecule has 58 valence electrons. The maximum Gasteiger partial charge on any atom is 0.144 e. The minimum absolute atomic E-state index is 0. The third-order valence-corrected chi connectivity index (χ3v) is 3.31. The summed E-state index contributed by atoms with van der Waals surface area (Å²) in [5, 5.41) is 10.1. The van der Waals surface area contributed by atoms with E-state index >= 15 is 0 Å². The van der Waals surface area contributed by atoms with Gasteiger partial charge >= 0.3 is 0 Å². The van der Waals surface area contributed by atoms with Gasteiger partial charge in [-0.15, -0.1) is 7.49 Å². The van der Waals surface area contributed by atoms with E-state index < -0.39 is 7.49 Å². The van der Waals surface area contributed by atoms with Crippen LogP contribution in [0.25, 0.3) is 0 Å². The molecule has 0 saturated carbocycles. The average Bonchev–Trinajstić information content (AvgIpc) is 1.30. The third kappa shape index (κ3) is 17.6. The van der Waals surface area contributed by atoms with E-state index in [4.69, 9.17) is 5.26 Å². The molecular weight excluding hydrogens is 288 g/mol. The van der Waals surface area contributed by atoms with Crippen molar-refractivity contribution in [2.45, 2.75) is 0 Å². The van der Waals surface area contributed by atoms with E-state index in [0.29, 0.717) is 0 Å². The lowest BCUT2D eigenvalue weighted by Gasteiger charge is -2.14. The van der Waals surface area contributed by atoms with Crippen LogP contribution < -0.4 is 23.1 Å². The van der Waals surface area contributed by atoms with E-state index in [9.17, 15) is 0 Å². The van der Waals surface area contributed by atoms with Crippen molar-refractivity contribution in [2.75, 3.05) is 12.5 Å². The van der Waals surface area contributed by atoms with Gasteiger partial charge in [0.1, 0.15) is 5.40 Å². The highest BCUT2D eigenvalue weighted by molar-refractivity contribution is 9.70. The highest BCUT2D eigenvalue weighted by atomic mass is 79.9. The van der Waals surface area contributed by atoms with Crippen LogP contribution in [0.3, 0.4) is 0 Å². The second-order valence-electron chi connectivity index (χ2n) is 1.29. The smallest absolute Gasteiger partial charge is 0.144 e. The number of nitriles is 1. The first-order valence-corrected chi connectivity index (χ1v) is 7.19. The Labute approximate surface area is 79.0 Å². The molecule has 0 atom stereocenters. The normalized spacial score (nSPS) is 10.0. The van der Waals surface area contributed by atoms with Crippen molar-refractivity contribution in [3.8, 4) is 5.40 Å². The van der Waals surface area contributed by atoms with Gasteiger partial charge in [0.05, 0.1) is 0 Å². The third-order valence-electron chi connectivity index (χ3n) is 0.235. The molecular formula is C3H10Br2N2S2. The molecule has 4 N–H and O–H groups in total. The first-order valence-electron chi connectivity index (χ1n) is 1.57. The summed E-state index contributed by atoms with van der Waals surface area (Å²) in [6, 6.07) is 0. The zero-order chi connectivity index (χ0) is 5.91. The van der Waals surface area contributed by atoms with Crippen molar-refractivity contribution >= 4 is 33.1 Å². The highest BCUT2D eigenvalue weighted by Gasteiger charge is 2.03. The Bertz CT molecular complexity index is 95.0. The SMILES string of the molecule is CS(C)(Br)SC#N.[Br-].[NH4+]. The Morgan fingerprint density at radius 2 is 1.89 bits per heavy atom. The van der Waals surface area contributed by atoms with Crippen LogP contribution in [0.1, 0.15) is 0 Å². The predicted molar refractivity (Wildman–Crippen MR) is 47.6 cm³/mol. The number of halogens is 2. The molecule has 0 aromatic carbocycles. The zero-order valence-electron chi connectivity index (χ0n) is 5.52.